The minimum absolute atomic E-state index is 0. The molecule has 7 heteroatoms. The molecule has 1 aliphatic heterocycles. The van der Waals surface area contributed by atoms with Gasteiger partial charge in [-0.1, -0.05) is 23.7 Å². The summed E-state index contributed by atoms with van der Waals surface area (Å²) in [5.41, 5.74) is 0.847. The Hall–Kier alpha value is -1.30. The lowest BCUT2D eigenvalue weighted by molar-refractivity contribution is -0.141. The van der Waals surface area contributed by atoms with Crippen molar-refractivity contribution in [1.29, 1.82) is 0 Å². The van der Waals surface area contributed by atoms with Gasteiger partial charge in [0, 0.05) is 11.4 Å². The van der Waals surface area contributed by atoms with E-state index in [1.807, 2.05) is 12.1 Å². The molecule has 140 valence electrons. The van der Waals surface area contributed by atoms with Crippen LogP contribution in [0.2, 0.25) is 5.02 Å². The topological polar surface area (TPSA) is 67.4 Å². The van der Waals surface area contributed by atoms with Crippen molar-refractivity contribution in [2.24, 2.45) is 5.92 Å². The van der Waals surface area contributed by atoms with E-state index in [4.69, 9.17) is 16.3 Å². The van der Waals surface area contributed by atoms with E-state index in [1.165, 1.54) is 7.11 Å². The van der Waals surface area contributed by atoms with Crippen LogP contribution in [0.15, 0.2) is 24.3 Å². The van der Waals surface area contributed by atoms with Gasteiger partial charge in [0.05, 0.1) is 19.6 Å². The van der Waals surface area contributed by atoms with Gasteiger partial charge in [0.25, 0.3) is 0 Å². The molecule has 1 heterocycles. The highest BCUT2D eigenvalue weighted by molar-refractivity contribution is 6.30. The number of methoxy groups -OCH3 is 1. The SMILES string of the molecule is COC(=O)C[C@H](NC(=O)CCC1CCNCC1)c1ccc(Cl)cc1.Cl. The number of amides is 1. The van der Waals surface area contributed by atoms with Crippen molar-refractivity contribution in [3.8, 4) is 0 Å². The lowest BCUT2D eigenvalue weighted by Crippen LogP contribution is -2.32. The molecule has 1 saturated heterocycles. The zero-order valence-electron chi connectivity index (χ0n) is 14.4. The minimum atomic E-state index is -0.393. The number of carbonyl (C=O) groups excluding carboxylic acids is 2. The maximum Gasteiger partial charge on any atom is 0.307 e. The first-order valence-corrected chi connectivity index (χ1v) is 8.78. The quantitative estimate of drug-likeness (QED) is 0.703. The molecule has 0 aromatic heterocycles. The van der Waals surface area contributed by atoms with Crippen molar-refractivity contribution in [2.45, 2.75) is 38.1 Å². The van der Waals surface area contributed by atoms with E-state index in [0.29, 0.717) is 17.4 Å². The van der Waals surface area contributed by atoms with E-state index < -0.39 is 6.04 Å². The molecule has 0 spiro atoms. The molecule has 1 aromatic rings. The first-order valence-electron chi connectivity index (χ1n) is 8.41. The molecule has 1 aromatic carbocycles. The number of nitrogens with one attached hydrogen (secondary N) is 2. The molecule has 5 nitrogen and oxygen atoms in total. The Morgan fingerprint density at radius 2 is 1.92 bits per heavy atom. The molecule has 0 unspecified atom stereocenters. The van der Waals surface area contributed by atoms with E-state index in [-0.39, 0.29) is 30.7 Å². The van der Waals surface area contributed by atoms with Gasteiger partial charge in [0.1, 0.15) is 0 Å². The third kappa shape index (κ3) is 7.63. The predicted molar refractivity (Wildman–Crippen MR) is 101 cm³/mol. The summed E-state index contributed by atoms with van der Waals surface area (Å²) in [5, 5.41) is 6.90. The number of rotatable bonds is 7. The molecule has 0 aliphatic carbocycles. The highest BCUT2D eigenvalue weighted by atomic mass is 35.5. The molecule has 25 heavy (non-hydrogen) atoms. The first-order chi connectivity index (χ1) is 11.6. The summed E-state index contributed by atoms with van der Waals surface area (Å²) in [7, 11) is 1.35. The van der Waals surface area contributed by atoms with Crippen LogP contribution in [0.5, 0.6) is 0 Å². The number of piperidine rings is 1. The van der Waals surface area contributed by atoms with Crippen LogP contribution in [0.1, 0.15) is 43.7 Å². The number of hydrogen-bond acceptors (Lipinski definition) is 4. The Morgan fingerprint density at radius 3 is 2.52 bits per heavy atom. The molecule has 2 N–H and O–H groups in total. The Kier molecular flexibility index (Phi) is 9.86. The normalized spacial score (nSPS) is 15.8. The lowest BCUT2D eigenvalue weighted by Gasteiger charge is -2.23. The van der Waals surface area contributed by atoms with E-state index in [1.54, 1.807) is 12.1 Å². The van der Waals surface area contributed by atoms with Gasteiger partial charge in [-0.3, -0.25) is 9.59 Å². The van der Waals surface area contributed by atoms with Crippen molar-refractivity contribution in [1.82, 2.24) is 10.6 Å². The summed E-state index contributed by atoms with van der Waals surface area (Å²) in [6.45, 7) is 2.06. The fraction of sp³-hybridized carbons (Fsp3) is 0.556. The Labute approximate surface area is 160 Å². The lowest BCUT2D eigenvalue weighted by atomic mass is 9.93. The summed E-state index contributed by atoms with van der Waals surface area (Å²) in [6.07, 6.45) is 3.72. The van der Waals surface area contributed by atoms with E-state index >= 15 is 0 Å². The van der Waals surface area contributed by atoms with Gasteiger partial charge >= 0.3 is 5.97 Å². The van der Waals surface area contributed by atoms with Crippen LogP contribution in [0, 0.1) is 5.92 Å². The molecule has 1 fully saturated rings. The van der Waals surface area contributed by atoms with Gasteiger partial charge in [0.15, 0.2) is 0 Å². The first kappa shape index (κ1) is 21.7. The van der Waals surface area contributed by atoms with Crippen LogP contribution < -0.4 is 10.6 Å². The fourth-order valence-electron chi connectivity index (χ4n) is 2.97. The average molecular weight is 389 g/mol. The number of halogens is 2. The van der Waals surface area contributed by atoms with Gasteiger partial charge < -0.3 is 15.4 Å². The monoisotopic (exact) mass is 388 g/mol. The molecule has 1 amide bonds. The second-order valence-electron chi connectivity index (χ2n) is 6.18. The van der Waals surface area contributed by atoms with Crippen molar-refractivity contribution in [3.05, 3.63) is 34.9 Å². The molecule has 2 rings (SSSR count). The van der Waals surface area contributed by atoms with Gasteiger partial charge in [-0.15, -0.1) is 12.4 Å². The molecule has 0 radical (unpaired) electrons. The third-order valence-corrected chi connectivity index (χ3v) is 4.70. The summed E-state index contributed by atoms with van der Waals surface area (Å²) >= 11 is 5.91. The minimum Gasteiger partial charge on any atom is -0.469 e. The van der Waals surface area contributed by atoms with Crippen LogP contribution in [-0.2, 0) is 14.3 Å². The van der Waals surface area contributed by atoms with Crippen molar-refractivity contribution < 1.29 is 14.3 Å². The molecule has 1 aliphatic rings. The number of benzene rings is 1. The molecule has 0 saturated carbocycles. The van der Waals surface area contributed by atoms with Gasteiger partial charge in [-0.2, -0.15) is 0 Å². The summed E-state index contributed by atoms with van der Waals surface area (Å²) in [5.74, 6) is 0.220. The zero-order valence-corrected chi connectivity index (χ0v) is 16.0. The Bertz CT molecular complexity index is 546. The number of ether oxygens (including phenoxy) is 1. The maximum atomic E-state index is 12.3. The largest absolute Gasteiger partial charge is 0.469 e. The van der Waals surface area contributed by atoms with Crippen LogP contribution in [0.25, 0.3) is 0 Å². The predicted octanol–water partition coefficient (Wildman–Crippen LogP) is 3.26. The molecule has 1 atom stereocenters. The van der Waals surface area contributed by atoms with E-state index in [0.717, 1.165) is 37.9 Å². The molecular formula is C18H26Cl2N2O3. The average Bonchev–Trinajstić information content (AvgIpc) is 2.61. The summed E-state index contributed by atoms with van der Waals surface area (Å²) < 4.78 is 4.74. The van der Waals surface area contributed by atoms with Crippen molar-refractivity contribution >= 4 is 35.9 Å². The van der Waals surface area contributed by atoms with Crippen molar-refractivity contribution in [3.63, 3.8) is 0 Å². The Morgan fingerprint density at radius 1 is 1.28 bits per heavy atom. The van der Waals surface area contributed by atoms with E-state index in [2.05, 4.69) is 10.6 Å². The zero-order chi connectivity index (χ0) is 17.4. The molecule has 0 bridgehead atoms. The number of esters is 1. The van der Waals surface area contributed by atoms with Crippen LogP contribution in [-0.4, -0.2) is 32.1 Å². The highest BCUT2D eigenvalue weighted by Crippen LogP contribution is 2.22. The Balaban J connectivity index is 0.00000312. The van der Waals surface area contributed by atoms with Crippen molar-refractivity contribution in [2.75, 3.05) is 20.2 Å². The van der Waals surface area contributed by atoms with Crippen LogP contribution >= 0.6 is 24.0 Å². The van der Waals surface area contributed by atoms with Crippen LogP contribution in [0.4, 0.5) is 0 Å². The number of hydrogen-bond donors (Lipinski definition) is 2. The van der Waals surface area contributed by atoms with Gasteiger partial charge in [0.2, 0.25) is 5.91 Å². The van der Waals surface area contributed by atoms with E-state index in [9.17, 15) is 9.59 Å². The van der Waals surface area contributed by atoms with Gasteiger partial charge in [-0.25, -0.2) is 0 Å². The fourth-order valence-corrected chi connectivity index (χ4v) is 3.10. The second-order valence-corrected chi connectivity index (χ2v) is 6.62. The highest BCUT2D eigenvalue weighted by Gasteiger charge is 2.20. The summed E-state index contributed by atoms with van der Waals surface area (Å²) in [6, 6.07) is 6.76. The second kappa shape index (κ2) is 11.3. The maximum absolute atomic E-state index is 12.3. The smallest absolute Gasteiger partial charge is 0.307 e. The van der Waals surface area contributed by atoms with Gasteiger partial charge in [-0.05, 0) is 56.0 Å². The standard InChI is InChI=1S/C18H25ClN2O3.ClH/c1-24-18(23)12-16(14-3-5-15(19)6-4-14)21-17(22)7-2-13-8-10-20-11-9-13;/h3-6,13,16,20H,2,7-12H2,1H3,(H,21,22);1H/t16-;/m0./s1. The molecular weight excluding hydrogens is 363 g/mol. The number of carbonyl (C=O) groups is 2. The van der Waals surface area contributed by atoms with Crippen LogP contribution in [0.3, 0.4) is 0 Å². The third-order valence-electron chi connectivity index (χ3n) is 4.44. The summed E-state index contributed by atoms with van der Waals surface area (Å²) in [4.78, 5) is 23.9.